The standard InChI is InChI=1S/C25H26F2N2O3S/c1-16-10-12-21(17(2)14-16)24(19-8-6-5-7-9-19)28-25(30)18(3)29(33(4,31)32)20-11-13-22(26)23(27)15-20/h5-15,18,24H,1-4H3,(H,28,30). The number of carbonyl (C=O) groups excluding carboxylic acids is 1. The van der Waals surface area contributed by atoms with Gasteiger partial charge in [-0.1, -0.05) is 54.1 Å². The van der Waals surface area contributed by atoms with E-state index in [2.05, 4.69) is 5.32 Å². The molecule has 0 bridgehead atoms. The predicted octanol–water partition coefficient (Wildman–Crippen LogP) is 4.64. The van der Waals surface area contributed by atoms with Gasteiger partial charge in [0.1, 0.15) is 6.04 Å². The smallest absolute Gasteiger partial charge is 0.244 e. The first-order chi connectivity index (χ1) is 15.5. The summed E-state index contributed by atoms with van der Waals surface area (Å²) in [7, 11) is -3.99. The average molecular weight is 473 g/mol. The summed E-state index contributed by atoms with van der Waals surface area (Å²) in [4.78, 5) is 13.3. The van der Waals surface area contributed by atoms with Gasteiger partial charge in [0.2, 0.25) is 15.9 Å². The van der Waals surface area contributed by atoms with Gasteiger partial charge >= 0.3 is 0 Å². The summed E-state index contributed by atoms with van der Waals surface area (Å²) in [5, 5.41) is 2.95. The Kier molecular flexibility index (Phi) is 7.17. The lowest BCUT2D eigenvalue weighted by molar-refractivity contribution is -0.122. The van der Waals surface area contributed by atoms with E-state index < -0.39 is 39.6 Å². The van der Waals surface area contributed by atoms with Gasteiger partial charge in [0, 0.05) is 6.07 Å². The Balaban J connectivity index is 2.00. The molecule has 0 aliphatic heterocycles. The Labute approximate surface area is 193 Å². The van der Waals surface area contributed by atoms with Gasteiger partial charge in [0.15, 0.2) is 11.6 Å². The molecule has 0 aliphatic carbocycles. The van der Waals surface area contributed by atoms with Gasteiger partial charge in [-0.3, -0.25) is 9.10 Å². The van der Waals surface area contributed by atoms with Crippen LogP contribution in [0.1, 0.15) is 35.2 Å². The molecule has 0 spiro atoms. The van der Waals surface area contributed by atoms with Crippen molar-refractivity contribution in [2.45, 2.75) is 32.9 Å². The van der Waals surface area contributed by atoms with E-state index in [9.17, 15) is 22.0 Å². The number of benzene rings is 3. The second-order valence-corrected chi connectivity index (χ2v) is 9.90. The van der Waals surface area contributed by atoms with Crippen molar-refractivity contribution >= 4 is 21.6 Å². The van der Waals surface area contributed by atoms with Crippen LogP contribution in [0.3, 0.4) is 0 Å². The van der Waals surface area contributed by atoms with Crippen molar-refractivity contribution in [1.29, 1.82) is 0 Å². The number of aryl methyl sites for hydroxylation is 2. The van der Waals surface area contributed by atoms with Crippen LogP contribution in [0, 0.1) is 25.5 Å². The Bertz CT molecular complexity index is 1260. The first-order valence-corrected chi connectivity index (χ1v) is 12.2. The SMILES string of the molecule is Cc1ccc(C(NC(=O)C(C)N(c2ccc(F)c(F)c2)S(C)(=O)=O)c2ccccc2)c(C)c1. The lowest BCUT2D eigenvalue weighted by Gasteiger charge is -2.30. The van der Waals surface area contributed by atoms with Crippen molar-refractivity contribution in [1.82, 2.24) is 5.32 Å². The van der Waals surface area contributed by atoms with Crippen LogP contribution in [-0.4, -0.2) is 26.6 Å². The third-order valence-electron chi connectivity index (χ3n) is 5.40. The van der Waals surface area contributed by atoms with Crippen LogP contribution < -0.4 is 9.62 Å². The van der Waals surface area contributed by atoms with E-state index in [0.29, 0.717) is 0 Å². The van der Waals surface area contributed by atoms with Crippen LogP contribution in [0.4, 0.5) is 14.5 Å². The molecule has 0 aromatic heterocycles. The molecule has 3 aromatic carbocycles. The maximum atomic E-state index is 13.8. The van der Waals surface area contributed by atoms with Crippen LogP contribution >= 0.6 is 0 Å². The quantitative estimate of drug-likeness (QED) is 0.545. The number of halogens is 2. The molecule has 3 aromatic rings. The fourth-order valence-electron chi connectivity index (χ4n) is 3.83. The van der Waals surface area contributed by atoms with Crippen molar-refractivity contribution < 1.29 is 22.0 Å². The highest BCUT2D eigenvalue weighted by Crippen LogP contribution is 2.28. The summed E-state index contributed by atoms with van der Waals surface area (Å²) in [6.07, 6.45) is 0.914. The summed E-state index contributed by atoms with van der Waals surface area (Å²) in [5.41, 5.74) is 3.60. The van der Waals surface area contributed by atoms with Gasteiger partial charge < -0.3 is 5.32 Å². The van der Waals surface area contributed by atoms with E-state index >= 15 is 0 Å². The molecule has 0 heterocycles. The van der Waals surface area contributed by atoms with Crippen molar-refractivity contribution in [2.75, 3.05) is 10.6 Å². The third-order valence-corrected chi connectivity index (χ3v) is 6.64. The number of sulfonamides is 1. The van der Waals surface area contributed by atoms with Gasteiger partial charge in [-0.15, -0.1) is 0 Å². The molecule has 33 heavy (non-hydrogen) atoms. The fraction of sp³-hybridized carbons (Fsp3) is 0.240. The first-order valence-electron chi connectivity index (χ1n) is 10.4. The predicted molar refractivity (Wildman–Crippen MR) is 125 cm³/mol. The minimum absolute atomic E-state index is 0.137. The number of amides is 1. The van der Waals surface area contributed by atoms with E-state index in [4.69, 9.17) is 0 Å². The number of carbonyl (C=O) groups is 1. The Morgan fingerprint density at radius 3 is 2.18 bits per heavy atom. The highest BCUT2D eigenvalue weighted by Gasteiger charge is 2.31. The van der Waals surface area contributed by atoms with E-state index in [-0.39, 0.29) is 5.69 Å². The Morgan fingerprint density at radius 2 is 1.61 bits per heavy atom. The zero-order chi connectivity index (χ0) is 24.3. The van der Waals surface area contributed by atoms with Crippen LogP contribution in [-0.2, 0) is 14.8 Å². The van der Waals surface area contributed by atoms with Crippen molar-refractivity contribution in [3.8, 4) is 0 Å². The molecule has 3 rings (SSSR count). The number of hydrogen-bond donors (Lipinski definition) is 1. The van der Waals surface area contributed by atoms with E-state index in [1.54, 1.807) is 0 Å². The van der Waals surface area contributed by atoms with E-state index in [1.807, 2.05) is 62.4 Å². The molecule has 0 aliphatic rings. The lowest BCUT2D eigenvalue weighted by Crippen LogP contribution is -2.49. The Hall–Kier alpha value is -3.26. The zero-order valence-corrected chi connectivity index (χ0v) is 19.7. The lowest BCUT2D eigenvalue weighted by atomic mass is 9.93. The molecule has 0 radical (unpaired) electrons. The number of hydrogen-bond acceptors (Lipinski definition) is 3. The second kappa shape index (κ2) is 9.70. The molecule has 0 saturated carbocycles. The molecule has 0 fully saturated rings. The topological polar surface area (TPSA) is 66.5 Å². The number of nitrogens with one attached hydrogen (secondary N) is 1. The van der Waals surface area contributed by atoms with Gasteiger partial charge in [-0.05, 0) is 49.6 Å². The summed E-state index contributed by atoms with van der Waals surface area (Å²) >= 11 is 0. The fourth-order valence-corrected chi connectivity index (χ4v) is 5.00. The molecule has 1 N–H and O–H groups in total. The number of nitrogens with zero attached hydrogens (tertiary/aromatic N) is 1. The maximum absolute atomic E-state index is 13.8. The molecular weight excluding hydrogens is 446 g/mol. The zero-order valence-electron chi connectivity index (χ0n) is 18.8. The average Bonchev–Trinajstić information content (AvgIpc) is 2.74. The van der Waals surface area contributed by atoms with Gasteiger partial charge in [0.05, 0.1) is 18.0 Å². The second-order valence-electron chi connectivity index (χ2n) is 8.05. The summed E-state index contributed by atoms with van der Waals surface area (Å²) in [6, 6.07) is 16.2. The van der Waals surface area contributed by atoms with Crippen molar-refractivity contribution in [3.05, 3.63) is 101 Å². The molecule has 2 atom stereocenters. The maximum Gasteiger partial charge on any atom is 0.244 e. The highest BCUT2D eigenvalue weighted by molar-refractivity contribution is 7.92. The van der Waals surface area contributed by atoms with Crippen LogP contribution in [0.5, 0.6) is 0 Å². The monoisotopic (exact) mass is 472 g/mol. The van der Waals surface area contributed by atoms with Crippen LogP contribution in [0.2, 0.25) is 0 Å². The van der Waals surface area contributed by atoms with Crippen molar-refractivity contribution in [3.63, 3.8) is 0 Å². The van der Waals surface area contributed by atoms with E-state index in [0.717, 1.165) is 51.0 Å². The molecule has 8 heteroatoms. The normalized spacial score (nSPS) is 13.3. The molecular formula is C25H26F2N2O3S. The minimum atomic E-state index is -3.99. The third kappa shape index (κ3) is 5.57. The van der Waals surface area contributed by atoms with Crippen LogP contribution in [0.15, 0.2) is 66.7 Å². The number of anilines is 1. The minimum Gasteiger partial charge on any atom is -0.343 e. The molecule has 174 valence electrons. The van der Waals surface area contributed by atoms with Crippen molar-refractivity contribution in [2.24, 2.45) is 0 Å². The molecule has 5 nitrogen and oxygen atoms in total. The molecule has 2 unspecified atom stereocenters. The van der Waals surface area contributed by atoms with Gasteiger partial charge in [-0.25, -0.2) is 17.2 Å². The summed E-state index contributed by atoms with van der Waals surface area (Å²) < 4.78 is 53.1. The van der Waals surface area contributed by atoms with Crippen LogP contribution in [0.25, 0.3) is 0 Å². The van der Waals surface area contributed by atoms with E-state index in [1.165, 1.54) is 6.92 Å². The highest BCUT2D eigenvalue weighted by atomic mass is 32.2. The molecule has 0 saturated heterocycles. The summed E-state index contributed by atoms with van der Waals surface area (Å²) in [6.45, 7) is 5.32. The molecule has 1 amide bonds. The number of rotatable bonds is 7. The largest absolute Gasteiger partial charge is 0.343 e. The summed E-state index contributed by atoms with van der Waals surface area (Å²) in [5.74, 6) is -2.89. The van der Waals surface area contributed by atoms with Gasteiger partial charge in [-0.2, -0.15) is 0 Å². The Morgan fingerprint density at radius 1 is 0.939 bits per heavy atom. The van der Waals surface area contributed by atoms with Gasteiger partial charge in [0.25, 0.3) is 0 Å². The first kappa shape index (κ1) is 24.4.